The monoisotopic (exact) mass is 492 g/mol. The number of hydrogen-bond acceptors (Lipinski definition) is 7. The highest BCUT2D eigenvalue weighted by molar-refractivity contribution is 5.94. The normalized spacial score (nSPS) is 12.9. The Labute approximate surface area is 201 Å². The number of carbonyl (C=O) groups is 5. The summed E-state index contributed by atoms with van der Waals surface area (Å²) in [5.74, 6) is -4.62. The Balaban J connectivity index is 2.63. The summed E-state index contributed by atoms with van der Waals surface area (Å²) in [6.07, 6.45) is -0.0265. The molecule has 4 amide bonds. The topological polar surface area (TPSA) is 258 Å². The minimum atomic E-state index is -1.48. The Morgan fingerprint density at radius 1 is 0.943 bits per heavy atom. The van der Waals surface area contributed by atoms with E-state index in [4.69, 9.17) is 28.0 Å². The molecule has 0 saturated carbocycles. The highest BCUT2D eigenvalue weighted by atomic mass is 16.4. The summed E-state index contributed by atoms with van der Waals surface area (Å²) < 4.78 is 0. The van der Waals surface area contributed by atoms with Crippen molar-refractivity contribution in [2.24, 2.45) is 27.9 Å². The molecule has 0 heterocycles. The number of benzene rings is 1. The molecular formula is C21H32N8O6. The van der Waals surface area contributed by atoms with Crippen molar-refractivity contribution < 1.29 is 29.1 Å². The number of primary amides is 1. The van der Waals surface area contributed by atoms with Crippen LogP contribution in [0, 0.1) is 0 Å². The van der Waals surface area contributed by atoms with Crippen LogP contribution in [0.4, 0.5) is 0 Å². The average molecular weight is 493 g/mol. The molecule has 35 heavy (non-hydrogen) atoms. The van der Waals surface area contributed by atoms with E-state index in [-0.39, 0.29) is 25.3 Å². The van der Waals surface area contributed by atoms with Gasteiger partial charge in [0.05, 0.1) is 19.0 Å². The molecule has 0 aromatic heterocycles. The molecule has 14 nitrogen and oxygen atoms in total. The van der Waals surface area contributed by atoms with Crippen LogP contribution in [0.5, 0.6) is 0 Å². The van der Waals surface area contributed by atoms with E-state index in [1.165, 1.54) is 0 Å². The van der Waals surface area contributed by atoms with E-state index in [0.29, 0.717) is 6.42 Å². The van der Waals surface area contributed by atoms with Gasteiger partial charge in [-0.05, 0) is 18.4 Å². The van der Waals surface area contributed by atoms with Gasteiger partial charge < -0.3 is 44.0 Å². The molecule has 0 fully saturated rings. The van der Waals surface area contributed by atoms with E-state index in [0.717, 1.165) is 5.56 Å². The molecule has 0 unspecified atom stereocenters. The van der Waals surface area contributed by atoms with Crippen LogP contribution in [-0.2, 0) is 30.4 Å². The van der Waals surface area contributed by atoms with E-state index in [2.05, 4.69) is 20.9 Å². The van der Waals surface area contributed by atoms with Gasteiger partial charge in [0.1, 0.15) is 12.1 Å². The number of carboxylic acid groups (broad SMARTS) is 1. The Kier molecular flexibility index (Phi) is 12.2. The van der Waals surface area contributed by atoms with E-state index >= 15 is 0 Å². The van der Waals surface area contributed by atoms with Crippen LogP contribution in [0.3, 0.4) is 0 Å². The molecule has 0 saturated heterocycles. The predicted octanol–water partition coefficient (Wildman–Crippen LogP) is -3.34. The fraction of sp³-hybridized carbons (Fsp3) is 0.429. The summed E-state index contributed by atoms with van der Waals surface area (Å²) in [5.41, 5.74) is 22.3. The Bertz CT molecular complexity index is 920. The minimum absolute atomic E-state index is 0.104. The number of aliphatic carboxylic acids is 1. The number of amides is 4. The second-order valence-corrected chi connectivity index (χ2v) is 7.64. The van der Waals surface area contributed by atoms with Gasteiger partial charge in [0.2, 0.25) is 23.6 Å². The average Bonchev–Trinajstić information content (AvgIpc) is 2.79. The lowest BCUT2D eigenvalue weighted by Gasteiger charge is -2.20. The van der Waals surface area contributed by atoms with Crippen molar-refractivity contribution in [1.29, 1.82) is 0 Å². The number of nitrogens with one attached hydrogen (secondary N) is 3. The van der Waals surface area contributed by atoms with E-state index in [9.17, 15) is 24.0 Å². The minimum Gasteiger partial charge on any atom is -0.481 e. The second kappa shape index (κ2) is 14.8. The standard InChI is InChI=1S/C21H32N8O6/c22-13(7-4-8-26-21(24)25)19(34)29-15(10-17(31)32)20(35)27-11-16(30)28-14(18(23)33)9-12-5-2-1-3-6-12/h1-3,5-6,13-15H,4,7-11,22H2,(H2,23,33)(H,27,35)(H,28,30)(H,29,34)(H,31,32)(H4,24,25,26)/t13-,14-,15-/m0/s1. The third-order valence-electron chi connectivity index (χ3n) is 4.70. The maximum absolute atomic E-state index is 12.4. The molecule has 12 N–H and O–H groups in total. The lowest BCUT2D eigenvalue weighted by molar-refractivity contribution is -0.140. The summed E-state index contributed by atoms with van der Waals surface area (Å²) in [6, 6.07) is 5.31. The number of nitrogens with zero attached hydrogens (tertiary/aromatic N) is 1. The first-order chi connectivity index (χ1) is 16.5. The van der Waals surface area contributed by atoms with Gasteiger partial charge in [-0.25, -0.2) is 0 Å². The van der Waals surface area contributed by atoms with Gasteiger partial charge in [-0.2, -0.15) is 0 Å². The number of guanidine groups is 1. The zero-order valence-corrected chi connectivity index (χ0v) is 19.1. The summed E-state index contributed by atoms with van der Waals surface area (Å²) in [7, 11) is 0. The molecular weight excluding hydrogens is 460 g/mol. The van der Waals surface area contributed by atoms with Crippen LogP contribution in [0.15, 0.2) is 35.3 Å². The van der Waals surface area contributed by atoms with Crippen LogP contribution >= 0.6 is 0 Å². The summed E-state index contributed by atoms with van der Waals surface area (Å²) in [6.45, 7) is -0.331. The molecule has 1 aromatic rings. The zero-order chi connectivity index (χ0) is 26.4. The SMILES string of the molecule is NC(=O)[C@H](Cc1ccccc1)NC(=O)CNC(=O)[C@H](CC(=O)O)NC(=O)[C@@H](N)CCCN=C(N)N. The van der Waals surface area contributed by atoms with E-state index in [1.807, 2.05) is 0 Å². The van der Waals surface area contributed by atoms with Crippen LogP contribution in [-0.4, -0.2) is 71.9 Å². The molecule has 0 bridgehead atoms. The van der Waals surface area contributed by atoms with Gasteiger partial charge in [-0.15, -0.1) is 0 Å². The highest BCUT2D eigenvalue weighted by Crippen LogP contribution is 2.03. The first kappa shape index (κ1) is 28.8. The summed E-state index contributed by atoms with van der Waals surface area (Å²) >= 11 is 0. The van der Waals surface area contributed by atoms with Crippen molar-refractivity contribution in [3.63, 3.8) is 0 Å². The number of hydrogen-bond donors (Lipinski definition) is 8. The van der Waals surface area contributed by atoms with Gasteiger partial charge >= 0.3 is 5.97 Å². The Morgan fingerprint density at radius 2 is 1.60 bits per heavy atom. The Morgan fingerprint density at radius 3 is 2.17 bits per heavy atom. The van der Waals surface area contributed by atoms with Crippen molar-refractivity contribution in [2.45, 2.75) is 43.8 Å². The van der Waals surface area contributed by atoms with Crippen LogP contribution in [0.2, 0.25) is 0 Å². The molecule has 14 heteroatoms. The Hall–Kier alpha value is -4.20. The van der Waals surface area contributed by atoms with Gasteiger partial charge in [-0.3, -0.25) is 29.0 Å². The van der Waals surface area contributed by atoms with Crippen LogP contribution < -0.4 is 38.9 Å². The molecule has 0 radical (unpaired) electrons. The molecule has 192 valence electrons. The number of carboxylic acids is 1. The van der Waals surface area contributed by atoms with E-state index in [1.54, 1.807) is 30.3 Å². The smallest absolute Gasteiger partial charge is 0.305 e. The van der Waals surface area contributed by atoms with Crippen molar-refractivity contribution in [1.82, 2.24) is 16.0 Å². The van der Waals surface area contributed by atoms with Gasteiger partial charge in [0.25, 0.3) is 0 Å². The predicted molar refractivity (Wildman–Crippen MR) is 126 cm³/mol. The third-order valence-corrected chi connectivity index (χ3v) is 4.70. The molecule has 0 aliphatic carbocycles. The quantitative estimate of drug-likeness (QED) is 0.0690. The number of nitrogens with two attached hydrogens (primary N) is 4. The van der Waals surface area contributed by atoms with E-state index < -0.39 is 60.7 Å². The summed E-state index contributed by atoms with van der Waals surface area (Å²) in [5, 5.41) is 16.0. The molecule has 0 spiro atoms. The van der Waals surface area contributed by atoms with Crippen molar-refractivity contribution in [3.8, 4) is 0 Å². The molecule has 1 rings (SSSR count). The van der Waals surface area contributed by atoms with Crippen molar-refractivity contribution >= 4 is 35.6 Å². The first-order valence-electron chi connectivity index (χ1n) is 10.7. The lowest BCUT2D eigenvalue weighted by atomic mass is 10.1. The fourth-order valence-electron chi connectivity index (χ4n) is 2.92. The maximum Gasteiger partial charge on any atom is 0.305 e. The first-order valence-corrected chi connectivity index (χ1v) is 10.7. The number of aliphatic imine (C=N–C) groups is 1. The number of rotatable bonds is 15. The molecule has 1 aromatic carbocycles. The van der Waals surface area contributed by atoms with Crippen molar-refractivity contribution in [2.75, 3.05) is 13.1 Å². The molecule has 0 aliphatic rings. The maximum atomic E-state index is 12.4. The van der Waals surface area contributed by atoms with Crippen molar-refractivity contribution in [3.05, 3.63) is 35.9 Å². The summed E-state index contributed by atoms with van der Waals surface area (Å²) in [4.78, 5) is 63.5. The second-order valence-electron chi connectivity index (χ2n) is 7.64. The molecule has 0 aliphatic heterocycles. The zero-order valence-electron chi connectivity index (χ0n) is 19.1. The lowest BCUT2D eigenvalue weighted by Crippen LogP contribution is -2.54. The highest BCUT2D eigenvalue weighted by Gasteiger charge is 2.27. The third kappa shape index (κ3) is 12.0. The van der Waals surface area contributed by atoms with Gasteiger partial charge in [0.15, 0.2) is 5.96 Å². The fourth-order valence-corrected chi connectivity index (χ4v) is 2.92. The van der Waals surface area contributed by atoms with Crippen LogP contribution in [0.25, 0.3) is 0 Å². The van der Waals surface area contributed by atoms with Gasteiger partial charge in [0, 0.05) is 13.0 Å². The number of carbonyl (C=O) groups excluding carboxylic acids is 4. The molecule has 3 atom stereocenters. The van der Waals surface area contributed by atoms with Gasteiger partial charge in [-0.1, -0.05) is 30.3 Å². The largest absolute Gasteiger partial charge is 0.481 e. The van der Waals surface area contributed by atoms with Crippen LogP contribution in [0.1, 0.15) is 24.8 Å².